The van der Waals surface area contributed by atoms with Gasteiger partial charge in [-0.2, -0.15) is 4.98 Å². The first kappa shape index (κ1) is 17.1. The number of nitrogens with one attached hydrogen (secondary N) is 1. The number of fused-ring (bicyclic) bond motifs is 1. The summed E-state index contributed by atoms with van der Waals surface area (Å²) >= 11 is 0. The van der Waals surface area contributed by atoms with Gasteiger partial charge in [-0.3, -0.25) is 4.79 Å². The third-order valence-corrected chi connectivity index (χ3v) is 4.52. The first-order chi connectivity index (χ1) is 13.1. The lowest BCUT2D eigenvalue weighted by molar-refractivity contribution is -0.117. The molecule has 3 aromatic rings. The van der Waals surface area contributed by atoms with Crippen LogP contribution in [0.5, 0.6) is 5.75 Å². The molecule has 1 fully saturated rings. The number of hydrogen-bond acceptors (Lipinski definition) is 6. The van der Waals surface area contributed by atoms with Crippen LogP contribution in [0.4, 0.5) is 11.5 Å². The Morgan fingerprint density at radius 3 is 2.85 bits per heavy atom. The standard InChI is InChI=1S/C18H20N6O3/c1-27-14-6-4-5-13(11-14)19-16(25)12-24-18(26)23-10-7-15(20-17(23)21-24)22-8-2-3-9-22/h4-7,10-11H,2-3,8-9,12H2,1H3,(H,19,25). The van der Waals surface area contributed by atoms with Crippen molar-refractivity contribution < 1.29 is 9.53 Å². The highest BCUT2D eigenvalue weighted by Gasteiger charge is 2.17. The maximum Gasteiger partial charge on any atom is 0.352 e. The second kappa shape index (κ2) is 7.10. The largest absolute Gasteiger partial charge is 0.497 e. The van der Waals surface area contributed by atoms with E-state index in [0.29, 0.717) is 17.2 Å². The third-order valence-electron chi connectivity index (χ3n) is 4.52. The summed E-state index contributed by atoms with van der Waals surface area (Å²) < 4.78 is 7.59. The number of benzene rings is 1. The monoisotopic (exact) mass is 368 g/mol. The van der Waals surface area contributed by atoms with Gasteiger partial charge in [0.2, 0.25) is 5.91 Å². The van der Waals surface area contributed by atoms with Gasteiger partial charge in [0.05, 0.1) is 7.11 Å². The number of amides is 1. The fourth-order valence-electron chi connectivity index (χ4n) is 3.16. The van der Waals surface area contributed by atoms with Gasteiger partial charge < -0.3 is 15.0 Å². The number of hydrogen-bond donors (Lipinski definition) is 1. The molecule has 1 aromatic carbocycles. The van der Waals surface area contributed by atoms with Crippen LogP contribution in [0.25, 0.3) is 5.78 Å². The van der Waals surface area contributed by atoms with Crippen LogP contribution in [0.3, 0.4) is 0 Å². The van der Waals surface area contributed by atoms with E-state index in [2.05, 4.69) is 20.3 Å². The Kier molecular flexibility index (Phi) is 4.49. The van der Waals surface area contributed by atoms with Crippen LogP contribution < -0.4 is 20.6 Å². The number of methoxy groups -OCH3 is 1. The Morgan fingerprint density at radius 2 is 2.07 bits per heavy atom. The highest BCUT2D eigenvalue weighted by molar-refractivity contribution is 5.90. The summed E-state index contributed by atoms with van der Waals surface area (Å²) in [6.07, 6.45) is 3.93. The molecule has 9 heteroatoms. The topological polar surface area (TPSA) is 93.8 Å². The van der Waals surface area contributed by atoms with Crippen molar-refractivity contribution in [3.63, 3.8) is 0 Å². The van der Waals surface area contributed by atoms with Gasteiger partial charge in [0.15, 0.2) is 0 Å². The molecule has 0 saturated carbocycles. The molecule has 1 amide bonds. The molecule has 3 heterocycles. The van der Waals surface area contributed by atoms with Crippen LogP contribution in [0.1, 0.15) is 12.8 Å². The molecule has 0 radical (unpaired) electrons. The fourth-order valence-corrected chi connectivity index (χ4v) is 3.16. The van der Waals surface area contributed by atoms with E-state index >= 15 is 0 Å². The minimum atomic E-state index is -0.397. The summed E-state index contributed by atoms with van der Waals surface area (Å²) in [6.45, 7) is 1.71. The minimum Gasteiger partial charge on any atom is -0.497 e. The van der Waals surface area contributed by atoms with Crippen molar-refractivity contribution in [2.45, 2.75) is 19.4 Å². The van der Waals surface area contributed by atoms with Gasteiger partial charge in [0, 0.05) is 31.0 Å². The second-order valence-electron chi connectivity index (χ2n) is 6.37. The predicted molar refractivity (Wildman–Crippen MR) is 100 cm³/mol. The lowest BCUT2D eigenvalue weighted by Gasteiger charge is -2.15. The lowest BCUT2D eigenvalue weighted by Crippen LogP contribution is -2.28. The maximum absolute atomic E-state index is 12.5. The highest BCUT2D eigenvalue weighted by atomic mass is 16.5. The van der Waals surface area contributed by atoms with Crippen molar-refractivity contribution in [3.8, 4) is 5.75 Å². The Balaban J connectivity index is 1.53. The number of rotatable bonds is 5. The van der Waals surface area contributed by atoms with Gasteiger partial charge in [-0.1, -0.05) is 6.07 Å². The lowest BCUT2D eigenvalue weighted by atomic mass is 10.3. The molecule has 0 aliphatic carbocycles. The molecular formula is C18H20N6O3. The van der Waals surface area contributed by atoms with Crippen molar-refractivity contribution in [1.82, 2.24) is 19.2 Å². The van der Waals surface area contributed by atoms with E-state index in [1.54, 1.807) is 37.6 Å². The van der Waals surface area contributed by atoms with E-state index in [-0.39, 0.29) is 12.5 Å². The first-order valence-electron chi connectivity index (χ1n) is 8.79. The number of anilines is 2. The number of carbonyl (C=O) groups is 1. The number of aromatic nitrogens is 4. The molecule has 0 atom stereocenters. The van der Waals surface area contributed by atoms with E-state index in [9.17, 15) is 9.59 Å². The van der Waals surface area contributed by atoms with Crippen molar-refractivity contribution in [1.29, 1.82) is 0 Å². The summed E-state index contributed by atoms with van der Waals surface area (Å²) in [5, 5.41) is 6.94. The molecule has 1 saturated heterocycles. The highest BCUT2D eigenvalue weighted by Crippen LogP contribution is 2.18. The normalized spacial score (nSPS) is 13.9. The zero-order valence-corrected chi connectivity index (χ0v) is 15.0. The average molecular weight is 368 g/mol. The third kappa shape index (κ3) is 3.48. The SMILES string of the molecule is COc1cccc(NC(=O)Cn2nc3nc(N4CCCC4)ccn3c2=O)c1. The maximum atomic E-state index is 12.5. The quantitative estimate of drug-likeness (QED) is 0.726. The van der Waals surface area contributed by atoms with Crippen LogP contribution in [0.2, 0.25) is 0 Å². The van der Waals surface area contributed by atoms with Gasteiger partial charge in [-0.25, -0.2) is 13.9 Å². The van der Waals surface area contributed by atoms with Crippen LogP contribution in [-0.4, -0.2) is 45.3 Å². The number of nitrogens with zero attached hydrogens (tertiary/aromatic N) is 5. The van der Waals surface area contributed by atoms with E-state index in [1.807, 2.05) is 6.07 Å². The fraction of sp³-hybridized carbons (Fsp3) is 0.333. The van der Waals surface area contributed by atoms with Crippen molar-refractivity contribution in [2.75, 3.05) is 30.4 Å². The zero-order chi connectivity index (χ0) is 18.8. The molecule has 2 aromatic heterocycles. The Morgan fingerprint density at radius 1 is 1.26 bits per heavy atom. The number of ether oxygens (including phenoxy) is 1. The van der Waals surface area contributed by atoms with Crippen LogP contribution >= 0.6 is 0 Å². The van der Waals surface area contributed by atoms with Crippen LogP contribution in [0, 0.1) is 0 Å². The molecule has 0 bridgehead atoms. The Bertz CT molecular complexity index is 1030. The minimum absolute atomic E-state index is 0.196. The molecule has 0 spiro atoms. The van der Waals surface area contributed by atoms with E-state index < -0.39 is 5.69 Å². The molecule has 9 nitrogen and oxygen atoms in total. The van der Waals surface area contributed by atoms with Crippen molar-refractivity contribution in [2.24, 2.45) is 0 Å². The average Bonchev–Trinajstić information content (AvgIpc) is 3.31. The first-order valence-corrected chi connectivity index (χ1v) is 8.79. The molecule has 27 heavy (non-hydrogen) atoms. The summed E-state index contributed by atoms with van der Waals surface area (Å²) in [4.78, 5) is 31.4. The van der Waals surface area contributed by atoms with Gasteiger partial charge >= 0.3 is 5.69 Å². The van der Waals surface area contributed by atoms with E-state index in [1.165, 1.54) is 4.40 Å². The molecule has 1 aliphatic heterocycles. The Labute approximate surface area is 155 Å². The molecule has 0 unspecified atom stereocenters. The van der Waals surface area contributed by atoms with E-state index in [0.717, 1.165) is 36.4 Å². The molecule has 1 aliphatic rings. The predicted octanol–water partition coefficient (Wildman–Crippen LogP) is 1.14. The number of carbonyl (C=O) groups excluding carboxylic acids is 1. The van der Waals surface area contributed by atoms with Crippen LogP contribution in [0.15, 0.2) is 41.3 Å². The second-order valence-corrected chi connectivity index (χ2v) is 6.37. The molecular weight excluding hydrogens is 348 g/mol. The van der Waals surface area contributed by atoms with Gasteiger partial charge in [-0.05, 0) is 31.0 Å². The van der Waals surface area contributed by atoms with Crippen molar-refractivity contribution in [3.05, 3.63) is 47.0 Å². The van der Waals surface area contributed by atoms with Gasteiger partial charge in [0.1, 0.15) is 18.1 Å². The summed E-state index contributed by atoms with van der Waals surface area (Å²) in [6, 6.07) is 8.81. The smallest absolute Gasteiger partial charge is 0.352 e. The molecule has 4 rings (SSSR count). The zero-order valence-electron chi connectivity index (χ0n) is 15.0. The van der Waals surface area contributed by atoms with Crippen LogP contribution in [-0.2, 0) is 11.3 Å². The van der Waals surface area contributed by atoms with E-state index in [4.69, 9.17) is 4.74 Å². The van der Waals surface area contributed by atoms with Gasteiger partial charge in [-0.15, -0.1) is 5.10 Å². The molecule has 140 valence electrons. The summed E-state index contributed by atoms with van der Waals surface area (Å²) in [5.41, 5.74) is 0.192. The molecule has 1 N–H and O–H groups in total. The summed E-state index contributed by atoms with van der Waals surface area (Å²) in [7, 11) is 1.56. The van der Waals surface area contributed by atoms with Gasteiger partial charge in [0.25, 0.3) is 5.78 Å². The summed E-state index contributed by atoms with van der Waals surface area (Å²) in [5.74, 6) is 1.38. The Hall–Kier alpha value is -3.36. The van der Waals surface area contributed by atoms with Crippen molar-refractivity contribution >= 4 is 23.2 Å².